The van der Waals surface area contributed by atoms with Crippen LogP contribution in [0.25, 0.3) is 0 Å². The standard InChI is InChI=1S/C18H16N2O/c1-13-6-7-18(21-2)16(8-13)10-17(12-20)15-5-3-4-14(9-15)11-19/h3-9,17H,10H2,1-2H3. The number of hydrogen-bond donors (Lipinski definition) is 0. The monoisotopic (exact) mass is 276 g/mol. The second kappa shape index (κ2) is 6.59. The predicted octanol–water partition coefficient (Wildman–Crippen LogP) is 3.73. The Hall–Kier alpha value is -2.78. The molecule has 0 spiro atoms. The highest BCUT2D eigenvalue weighted by Gasteiger charge is 2.15. The largest absolute Gasteiger partial charge is 0.496 e. The van der Waals surface area contributed by atoms with Crippen LogP contribution in [0.1, 0.15) is 28.2 Å². The first-order valence-electron chi connectivity index (χ1n) is 6.71. The molecule has 0 saturated heterocycles. The molecule has 104 valence electrons. The fourth-order valence-electron chi connectivity index (χ4n) is 2.35. The van der Waals surface area contributed by atoms with Gasteiger partial charge in [-0.1, -0.05) is 29.8 Å². The topological polar surface area (TPSA) is 56.8 Å². The van der Waals surface area contributed by atoms with Crippen molar-refractivity contribution in [2.75, 3.05) is 7.11 Å². The summed E-state index contributed by atoms with van der Waals surface area (Å²) in [4.78, 5) is 0. The highest BCUT2D eigenvalue weighted by atomic mass is 16.5. The molecule has 21 heavy (non-hydrogen) atoms. The maximum atomic E-state index is 9.46. The molecule has 1 atom stereocenters. The lowest BCUT2D eigenvalue weighted by atomic mass is 9.91. The Morgan fingerprint density at radius 3 is 2.62 bits per heavy atom. The summed E-state index contributed by atoms with van der Waals surface area (Å²) in [7, 11) is 1.63. The first kappa shape index (κ1) is 14.6. The van der Waals surface area contributed by atoms with E-state index in [1.54, 1.807) is 19.2 Å². The molecule has 0 aliphatic rings. The minimum absolute atomic E-state index is 0.297. The van der Waals surface area contributed by atoms with Crippen LogP contribution in [0.2, 0.25) is 0 Å². The van der Waals surface area contributed by atoms with Crippen molar-refractivity contribution in [3.05, 3.63) is 64.7 Å². The van der Waals surface area contributed by atoms with E-state index in [0.717, 1.165) is 22.4 Å². The lowest BCUT2D eigenvalue weighted by Gasteiger charge is -2.13. The van der Waals surface area contributed by atoms with Crippen molar-refractivity contribution in [3.8, 4) is 17.9 Å². The Bertz CT molecular complexity index is 723. The molecule has 2 aromatic carbocycles. The van der Waals surface area contributed by atoms with E-state index in [0.29, 0.717) is 12.0 Å². The molecule has 0 aromatic heterocycles. The summed E-state index contributed by atoms with van der Waals surface area (Å²) in [5.41, 5.74) is 3.57. The Morgan fingerprint density at radius 2 is 1.95 bits per heavy atom. The van der Waals surface area contributed by atoms with Crippen molar-refractivity contribution in [2.45, 2.75) is 19.3 Å². The summed E-state index contributed by atoms with van der Waals surface area (Å²) in [6.45, 7) is 2.01. The van der Waals surface area contributed by atoms with E-state index >= 15 is 0 Å². The fourth-order valence-corrected chi connectivity index (χ4v) is 2.35. The molecular weight excluding hydrogens is 260 g/mol. The summed E-state index contributed by atoms with van der Waals surface area (Å²) in [6, 6.07) is 17.6. The smallest absolute Gasteiger partial charge is 0.122 e. The van der Waals surface area contributed by atoms with Crippen LogP contribution < -0.4 is 4.74 Å². The van der Waals surface area contributed by atoms with Crippen molar-refractivity contribution >= 4 is 0 Å². The lowest BCUT2D eigenvalue weighted by Crippen LogP contribution is -2.03. The van der Waals surface area contributed by atoms with Gasteiger partial charge in [-0.2, -0.15) is 10.5 Å². The lowest BCUT2D eigenvalue weighted by molar-refractivity contribution is 0.409. The summed E-state index contributed by atoms with van der Waals surface area (Å²) in [5.74, 6) is 0.492. The van der Waals surface area contributed by atoms with Crippen molar-refractivity contribution in [2.24, 2.45) is 0 Å². The van der Waals surface area contributed by atoms with Crippen molar-refractivity contribution in [3.63, 3.8) is 0 Å². The van der Waals surface area contributed by atoms with E-state index < -0.39 is 0 Å². The first-order chi connectivity index (χ1) is 10.2. The zero-order valence-electron chi connectivity index (χ0n) is 12.1. The van der Waals surface area contributed by atoms with Gasteiger partial charge in [-0.15, -0.1) is 0 Å². The van der Waals surface area contributed by atoms with Crippen molar-refractivity contribution in [1.29, 1.82) is 10.5 Å². The number of methoxy groups -OCH3 is 1. The first-order valence-corrected chi connectivity index (χ1v) is 6.71. The Labute approximate surface area is 125 Å². The number of nitriles is 2. The Balaban J connectivity index is 2.34. The Morgan fingerprint density at radius 1 is 1.14 bits per heavy atom. The zero-order chi connectivity index (χ0) is 15.2. The molecule has 0 aliphatic heterocycles. The number of nitrogens with zero attached hydrogens (tertiary/aromatic N) is 2. The molecule has 0 saturated carbocycles. The van der Waals surface area contributed by atoms with Gasteiger partial charge < -0.3 is 4.74 Å². The van der Waals surface area contributed by atoms with Gasteiger partial charge in [0.25, 0.3) is 0 Å². The van der Waals surface area contributed by atoms with Gasteiger partial charge >= 0.3 is 0 Å². The number of aryl methyl sites for hydroxylation is 1. The molecule has 0 aliphatic carbocycles. The second-order valence-electron chi connectivity index (χ2n) is 4.94. The molecule has 0 fully saturated rings. The molecule has 2 aromatic rings. The van der Waals surface area contributed by atoms with Gasteiger partial charge in [0.15, 0.2) is 0 Å². The number of ether oxygens (including phenoxy) is 1. The van der Waals surface area contributed by atoms with Crippen LogP contribution in [-0.4, -0.2) is 7.11 Å². The molecule has 0 radical (unpaired) electrons. The minimum Gasteiger partial charge on any atom is -0.496 e. The molecule has 3 nitrogen and oxygen atoms in total. The van der Waals surface area contributed by atoms with Crippen LogP contribution in [-0.2, 0) is 6.42 Å². The summed E-state index contributed by atoms with van der Waals surface area (Å²) in [6.07, 6.45) is 0.566. The van der Waals surface area contributed by atoms with E-state index in [1.807, 2.05) is 37.3 Å². The SMILES string of the molecule is COc1ccc(C)cc1CC(C#N)c1cccc(C#N)c1. The number of rotatable bonds is 4. The van der Waals surface area contributed by atoms with Gasteiger partial charge in [0.05, 0.1) is 30.7 Å². The van der Waals surface area contributed by atoms with Crippen LogP contribution in [0.4, 0.5) is 0 Å². The highest BCUT2D eigenvalue weighted by Crippen LogP contribution is 2.27. The quantitative estimate of drug-likeness (QED) is 0.855. The summed E-state index contributed by atoms with van der Waals surface area (Å²) in [5, 5.41) is 18.4. The third-order valence-electron chi connectivity index (χ3n) is 3.43. The number of benzene rings is 2. The third-order valence-corrected chi connectivity index (χ3v) is 3.43. The molecule has 2 rings (SSSR count). The highest BCUT2D eigenvalue weighted by molar-refractivity contribution is 5.41. The van der Waals surface area contributed by atoms with Crippen molar-refractivity contribution < 1.29 is 4.74 Å². The average Bonchev–Trinajstić information content (AvgIpc) is 2.52. The normalized spacial score (nSPS) is 11.2. The van der Waals surface area contributed by atoms with Gasteiger partial charge in [0.1, 0.15) is 5.75 Å². The molecular formula is C18H16N2O. The second-order valence-corrected chi connectivity index (χ2v) is 4.94. The molecule has 0 heterocycles. The predicted molar refractivity (Wildman–Crippen MR) is 80.9 cm³/mol. The van der Waals surface area contributed by atoms with Crippen LogP contribution in [0, 0.1) is 29.6 Å². The van der Waals surface area contributed by atoms with Gasteiger partial charge in [-0.25, -0.2) is 0 Å². The Kier molecular flexibility index (Phi) is 4.59. The molecule has 0 N–H and O–H groups in total. The summed E-state index contributed by atoms with van der Waals surface area (Å²) < 4.78 is 5.36. The molecule has 0 bridgehead atoms. The van der Waals surface area contributed by atoms with E-state index in [9.17, 15) is 5.26 Å². The van der Waals surface area contributed by atoms with Crippen molar-refractivity contribution in [1.82, 2.24) is 0 Å². The van der Waals surface area contributed by atoms with Crippen LogP contribution >= 0.6 is 0 Å². The van der Waals surface area contributed by atoms with Crippen LogP contribution in [0.15, 0.2) is 42.5 Å². The maximum Gasteiger partial charge on any atom is 0.122 e. The average molecular weight is 276 g/mol. The van der Waals surface area contributed by atoms with Crippen LogP contribution in [0.3, 0.4) is 0 Å². The van der Waals surface area contributed by atoms with Crippen LogP contribution in [0.5, 0.6) is 5.75 Å². The molecule has 0 amide bonds. The minimum atomic E-state index is -0.297. The van der Waals surface area contributed by atoms with E-state index in [1.165, 1.54) is 0 Å². The van der Waals surface area contributed by atoms with E-state index in [4.69, 9.17) is 10.00 Å². The van der Waals surface area contributed by atoms with Gasteiger partial charge in [0, 0.05) is 0 Å². The van der Waals surface area contributed by atoms with Gasteiger partial charge in [-0.05, 0) is 42.7 Å². The van der Waals surface area contributed by atoms with E-state index in [-0.39, 0.29) is 5.92 Å². The van der Waals surface area contributed by atoms with Gasteiger partial charge in [0.2, 0.25) is 0 Å². The van der Waals surface area contributed by atoms with Gasteiger partial charge in [-0.3, -0.25) is 0 Å². The maximum absolute atomic E-state index is 9.46. The summed E-state index contributed by atoms with van der Waals surface area (Å²) >= 11 is 0. The third kappa shape index (κ3) is 3.41. The number of hydrogen-bond acceptors (Lipinski definition) is 3. The molecule has 3 heteroatoms. The molecule has 1 unspecified atom stereocenters. The zero-order valence-corrected chi connectivity index (χ0v) is 12.1. The fraction of sp³-hybridized carbons (Fsp3) is 0.222. The van der Waals surface area contributed by atoms with E-state index in [2.05, 4.69) is 12.1 Å².